The summed E-state index contributed by atoms with van der Waals surface area (Å²) in [7, 11) is -1.86. The maximum absolute atomic E-state index is 8.18. The van der Waals surface area contributed by atoms with Gasteiger partial charge in [-0.25, -0.2) is 0 Å². The Morgan fingerprint density at radius 1 is 1.62 bits per heavy atom. The zero-order valence-corrected chi connectivity index (χ0v) is 6.56. The molecule has 1 atom stereocenters. The molecule has 0 amide bonds. The summed E-state index contributed by atoms with van der Waals surface area (Å²) in [4.78, 5) is 16.4. The lowest BCUT2D eigenvalue weighted by atomic mass is 10.6. The summed E-state index contributed by atoms with van der Waals surface area (Å²) in [5, 5.41) is 0. The highest BCUT2D eigenvalue weighted by Crippen LogP contribution is 2.35. The number of hydrogen-bond acceptors (Lipinski definition) is 3. The van der Waals surface area contributed by atoms with Gasteiger partial charge in [-0.2, -0.15) is 0 Å². The monoisotopic (exact) mass is 156 g/mol. The quantitative estimate of drug-likeness (QED) is 0.475. The van der Waals surface area contributed by atoms with Crippen LogP contribution in [0.4, 0.5) is 0 Å². The Kier molecular flexibility index (Phi) is 6.41. The Morgan fingerprint density at radius 2 is 2.25 bits per heavy atom. The summed E-state index contributed by atoms with van der Waals surface area (Å²) in [5.74, 6) is 0. The van der Waals surface area contributed by atoms with Crippen LogP contribution in [0.25, 0.3) is 0 Å². The van der Waals surface area contributed by atoms with Gasteiger partial charge in [0.2, 0.25) is 0 Å². The van der Waals surface area contributed by atoms with E-state index in [9.17, 15) is 0 Å². The van der Waals surface area contributed by atoms with Gasteiger partial charge in [-0.1, -0.05) is 13.3 Å². The van der Waals surface area contributed by atoms with Crippen molar-refractivity contribution >= 4 is 17.4 Å². The van der Waals surface area contributed by atoms with Crippen LogP contribution in [0.15, 0.2) is 0 Å². The molecule has 0 radical (unpaired) electrons. The van der Waals surface area contributed by atoms with Crippen molar-refractivity contribution in [2.24, 2.45) is 0 Å². The highest BCUT2D eigenvalue weighted by Gasteiger charge is 1.95. The van der Waals surface area contributed by atoms with E-state index in [2.05, 4.69) is 4.31 Å². The lowest BCUT2D eigenvalue weighted by Gasteiger charge is -1.99. The summed E-state index contributed by atoms with van der Waals surface area (Å²) in [6, 6.07) is 0. The fourth-order valence-corrected chi connectivity index (χ4v) is 1.24. The first kappa shape index (κ1) is 8.74. The van der Waals surface area contributed by atoms with Crippen LogP contribution in [0.3, 0.4) is 0 Å². The fraction of sp³-hybridized carbons (Fsp3) is 1.00. The first-order chi connectivity index (χ1) is 3.77. The van der Waals surface area contributed by atoms with Crippen molar-refractivity contribution in [2.45, 2.75) is 13.3 Å². The van der Waals surface area contributed by atoms with Gasteiger partial charge in [0.15, 0.2) is 0 Å². The molecule has 3 nitrogen and oxygen atoms in total. The predicted octanol–water partition coefficient (Wildman–Crippen LogP) is 1.22. The zero-order chi connectivity index (χ0) is 6.41. The Labute approximate surface area is 51.9 Å². The van der Waals surface area contributed by atoms with E-state index in [0.29, 0.717) is 0 Å². The Bertz CT molecular complexity index is 49.8. The molecule has 50 valence electrons. The largest absolute Gasteiger partial charge is 0.330 e. The average molecular weight is 156 g/mol. The van der Waals surface area contributed by atoms with E-state index in [0.717, 1.165) is 12.6 Å². The van der Waals surface area contributed by atoms with Crippen LogP contribution >= 0.6 is 17.4 Å². The molecule has 5 heteroatoms. The van der Waals surface area contributed by atoms with Gasteiger partial charge < -0.3 is 9.79 Å². The van der Waals surface area contributed by atoms with Gasteiger partial charge in [0.1, 0.15) is 0 Å². The van der Waals surface area contributed by atoms with E-state index >= 15 is 0 Å². The van der Waals surface area contributed by atoms with Crippen LogP contribution in [0.2, 0.25) is 0 Å². The van der Waals surface area contributed by atoms with Crippen molar-refractivity contribution in [2.75, 3.05) is 6.16 Å². The third-order valence-corrected chi connectivity index (χ3v) is 2.37. The smallest absolute Gasteiger partial charge is 0.328 e. The molecule has 0 rings (SSSR count). The van der Waals surface area contributed by atoms with Gasteiger partial charge in [0, 0.05) is 8.81 Å². The van der Waals surface area contributed by atoms with E-state index in [1.54, 1.807) is 0 Å². The second-order valence-electron chi connectivity index (χ2n) is 1.24. The Morgan fingerprint density at radius 3 is 2.62 bits per heavy atom. The third kappa shape index (κ3) is 6.74. The molecule has 0 aliphatic carbocycles. The zero-order valence-electron chi connectivity index (χ0n) is 4.66. The topological polar surface area (TPSA) is 49.7 Å². The van der Waals surface area contributed by atoms with E-state index in [4.69, 9.17) is 9.79 Å². The van der Waals surface area contributed by atoms with E-state index in [1.165, 1.54) is 0 Å². The average Bonchev–Trinajstić information content (AvgIpc) is 1.66. The second-order valence-corrected chi connectivity index (χ2v) is 3.26. The van der Waals surface area contributed by atoms with Crippen molar-refractivity contribution in [1.82, 2.24) is 0 Å². The lowest BCUT2D eigenvalue weighted by Crippen LogP contribution is -1.71. The minimum absolute atomic E-state index is 0.241. The van der Waals surface area contributed by atoms with Crippen molar-refractivity contribution in [3.63, 3.8) is 0 Å². The summed E-state index contributed by atoms with van der Waals surface area (Å²) < 4.78 is 4.49. The summed E-state index contributed by atoms with van der Waals surface area (Å²) in [6.45, 7) is 2.02. The van der Waals surface area contributed by atoms with E-state index in [1.807, 2.05) is 6.92 Å². The molecule has 0 aliphatic rings. The SMILES string of the molecule is CCCPOP(O)O. The molecule has 0 saturated carbocycles. The molecule has 8 heavy (non-hydrogen) atoms. The van der Waals surface area contributed by atoms with E-state index in [-0.39, 0.29) is 8.81 Å². The molecule has 0 aromatic heterocycles. The maximum Gasteiger partial charge on any atom is 0.330 e. The maximum atomic E-state index is 8.18. The molecular formula is C3H10O3P2. The molecule has 2 N–H and O–H groups in total. The van der Waals surface area contributed by atoms with Gasteiger partial charge >= 0.3 is 8.60 Å². The minimum Gasteiger partial charge on any atom is -0.328 e. The van der Waals surface area contributed by atoms with Crippen LogP contribution in [0.5, 0.6) is 0 Å². The molecule has 0 aliphatic heterocycles. The van der Waals surface area contributed by atoms with Crippen molar-refractivity contribution < 1.29 is 14.1 Å². The van der Waals surface area contributed by atoms with Crippen molar-refractivity contribution in [3.8, 4) is 0 Å². The van der Waals surface area contributed by atoms with E-state index < -0.39 is 8.60 Å². The molecule has 0 aromatic carbocycles. The fourth-order valence-electron chi connectivity index (χ4n) is 0.205. The second kappa shape index (κ2) is 5.87. The normalized spacial score (nSPS) is 12.0. The highest BCUT2D eigenvalue weighted by molar-refractivity contribution is 7.50. The Balaban J connectivity index is 2.72. The van der Waals surface area contributed by atoms with Gasteiger partial charge in [0.25, 0.3) is 0 Å². The van der Waals surface area contributed by atoms with Gasteiger partial charge in [-0.15, -0.1) is 0 Å². The molecule has 0 spiro atoms. The third-order valence-electron chi connectivity index (χ3n) is 0.498. The minimum atomic E-state index is -2.10. The van der Waals surface area contributed by atoms with Crippen LogP contribution in [-0.2, 0) is 4.31 Å². The first-order valence-electron chi connectivity index (χ1n) is 2.35. The molecule has 0 bridgehead atoms. The van der Waals surface area contributed by atoms with Crippen molar-refractivity contribution in [3.05, 3.63) is 0 Å². The molecule has 0 saturated heterocycles. The van der Waals surface area contributed by atoms with Crippen LogP contribution in [-0.4, -0.2) is 15.9 Å². The molecule has 0 fully saturated rings. The van der Waals surface area contributed by atoms with Gasteiger partial charge in [-0.05, 0) is 6.16 Å². The predicted molar refractivity (Wildman–Crippen MR) is 35.9 cm³/mol. The molecule has 0 heterocycles. The summed E-state index contributed by atoms with van der Waals surface area (Å²) in [5.41, 5.74) is 0. The Hall–Kier alpha value is 0.740. The van der Waals surface area contributed by atoms with Crippen LogP contribution < -0.4 is 0 Å². The van der Waals surface area contributed by atoms with Gasteiger partial charge in [0.05, 0.1) is 0 Å². The standard InChI is InChI=1S/C3H10O3P2/c1-2-3-7-6-8(4)5/h4-5,7H,2-3H2,1H3. The number of rotatable bonds is 4. The molecule has 0 aromatic rings. The number of hydrogen-bond donors (Lipinski definition) is 2. The van der Waals surface area contributed by atoms with Crippen LogP contribution in [0.1, 0.15) is 13.3 Å². The van der Waals surface area contributed by atoms with Crippen molar-refractivity contribution in [1.29, 1.82) is 0 Å². The van der Waals surface area contributed by atoms with Crippen LogP contribution in [0, 0.1) is 0 Å². The molecular weight excluding hydrogens is 146 g/mol. The lowest BCUT2D eigenvalue weighted by molar-refractivity contribution is 0.393. The summed E-state index contributed by atoms with van der Waals surface area (Å²) in [6.07, 6.45) is 1.95. The highest BCUT2D eigenvalue weighted by atomic mass is 31.2. The summed E-state index contributed by atoms with van der Waals surface area (Å²) >= 11 is 0. The van der Waals surface area contributed by atoms with Gasteiger partial charge in [-0.3, -0.25) is 4.31 Å². The first-order valence-corrected chi connectivity index (χ1v) is 4.63. The molecule has 1 unspecified atom stereocenters.